The summed E-state index contributed by atoms with van der Waals surface area (Å²) in [5.41, 5.74) is 2.22. The molecule has 1 heterocycles. The van der Waals surface area contributed by atoms with E-state index in [4.69, 9.17) is 0 Å². The number of aryl methyl sites for hydroxylation is 1. The maximum atomic E-state index is 13.6. The topological polar surface area (TPSA) is 64.0 Å². The van der Waals surface area contributed by atoms with Gasteiger partial charge in [0.25, 0.3) is 11.5 Å². The molecule has 0 bridgehead atoms. The SMILES string of the molecule is Cc1ccc(Cn2nc(C(=O)NCc3ccccc3F)ccc2=O)cc1. The Hall–Kier alpha value is -3.28. The fourth-order valence-electron chi connectivity index (χ4n) is 2.46. The van der Waals surface area contributed by atoms with Gasteiger partial charge in [-0.15, -0.1) is 0 Å². The zero-order valence-electron chi connectivity index (χ0n) is 14.3. The number of hydrogen-bond acceptors (Lipinski definition) is 3. The largest absolute Gasteiger partial charge is 0.346 e. The van der Waals surface area contributed by atoms with E-state index < -0.39 is 5.91 Å². The highest BCUT2D eigenvalue weighted by atomic mass is 19.1. The van der Waals surface area contributed by atoms with Gasteiger partial charge in [0.05, 0.1) is 6.54 Å². The van der Waals surface area contributed by atoms with Crippen LogP contribution in [-0.2, 0) is 13.1 Å². The van der Waals surface area contributed by atoms with Gasteiger partial charge in [-0.3, -0.25) is 9.59 Å². The van der Waals surface area contributed by atoms with Crippen LogP contribution in [0.15, 0.2) is 65.5 Å². The van der Waals surface area contributed by atoms with Crippen LogP contribution in [0.1, 0.15) is 27.2 Å². The third kappa shape index (κ3) is 4.22. The monoisotopic (exact) mass is 351 g/mol. The standard InChI is InChI=1S/C20H18FN3O2/c1-14-6-8-15(9-7-14)13-24-19(25)11-10-18(23-24)20(26)22-12-16-4-2-3-5-17(16)21/h2-11H,12-13H2,1H3,(H,22,26). The maximum Gasteiger partial charge on any atom is 0.271 e. The Morgan fingerprint density at radius 3 is 2.54 bits per heavy atom. The van der Waals surface area contributed by atoms with Crippen molar-refractivity contribution in [3.8, 4) is 0 Å². The van der Waals surface area contributed by atoms with Crippen molar-refractivity contribution in [3.63, 3.8) is 0 Å². The number of nitrogens with one attached hydrogen (secondary N) is 1. The third-order valence-electron chi connectivity index (χ3n) is 3.95. The summed E-state index contributed by atoms with van der Waals surface area (Å²) in [5.74, 6) is -0.851. The van der Waals surface area contributed by atoms with Gasteiger partial charge < -0.3 is 5.32 Å². The van der Waals surface area contributed by atoms with Crippen molar-refractivity contribution >= 4 is 5.91 Å². The Kier molecular flexibility index (Phi) is 5.22. The van der Waals surface area contributed by atoms with Crippen molar-refractivity contribution in [1.82, 2.24) is 15.1 Å². The number of benzene rings is 2. The summed E-state index contributed by atoms with van der Waals surface area (Å²) in [7, 11) is 0. The molecule has 0 aliphatic carbocycles. The van der Waals surface area contributed by atoms with Gasteiger partial charge in [-0.2, -0.15) is 5.10 Å². The van der Waals surface area contributed by atoms with E-state index in [1.54, 1.807) is 18.2 Å². The molecule has 1 amide bonds. The van der Waals surface area contributed by atoms with Crippen LogP contribution in [0.3, 0.4) is 0 Å². The number of rotatable bonds is 5. The van der Waals surface area contributed by atoms with E-state index in [9.17, 15) is 14.0 Å². The second-order valence-corrected chi connectivity index (χ2v) is 5.97. The van der Waals surface area contributed by atoms with Gasteiger partial charge in [-0.05, 0) is 24.6 Å². The van der Waals surface area contributed by atoms with Crippen LogP contribution in [0.5, 0.6) is 0 Å². The lowest BCUT2D eigenvalue weighted by Gasteiger charge is -2.09. The maximum absolute atomic E-state index is 13.6. The first-order chi connectivity index (χ1) is 12.5. The van der Waals surface area contributed by atoms with Crippen LogP contribution in [-0.4, -0.2) is 15.7 Å². The van der Waals surface area contributed by atoms with E-state index in [0.717, 1.165) is 11.1 Å². The molecule has 3 rings (SSSR count). The normalized spacial score (nSPS) is 10.5. The van der Waals surface area contributed by atoms with Gasteiger partial charge >= 0.3 is 0 Å². The molecule has 0 aliphatic heterocycles. The minimum atomic E-state index is -0.467. The summed E-state index contributed by atoms with van der Waals surface area (Å²) < 4.78 is 14.9. The molecular formula is C20H18FN3O2. The Bertz CT molecular complexity index is 981. The van der Waals surface area contributed by atoms with E-state index >= 15 is 0 Å². The summed E-state index contributed by atoms with van der Waals surface area (Å²) in [6.45, 7) is 2.30. The highest BCUT2D eigenvalue weighted by Gasteiger charge is 2.11. The number of amides is 1. The Labute approximate surface area is 150 Å². The van der Waals surface area contributed by atoms with Gasteiger partial charge in [0.15, 0.2) is 0 Å². The van der Waals surface area contributed by atoms with E-state index in [2.05, 4.69) is 10.4 Å². The van der Waals surface area contributed by atoms with Crippen molar-refractivity contribution in [2.45, 2.75) is 20.0 Å². The molecule has 0 aliphatic rings. The number of carbonyl (C=O) groups excluding carboxylic acids is 1. The Morgan fingerprint density at radius 1 is 1.08 bits per heavy atom. The summed E-state index contributed by atoms with van der Waals surface area (Å²) in [6.07, 6.45) is 0. The number of aromatic nitrogens is 2. The molecule has 132 valence electrons. The van der Waals surface area contributed by atoms with Gasteiger partial charge in [0.1, 0.15) is 11.5 Å². The lowest BCUT2D eigenvalue weighted by molar-refractivity contribution is 0.0943. The number of carbonyl (C=O) groups is 1. The molecule has 0 saturated heterocycles. The molecule has 26 heavy (non-hydrogen) atoms. The summed E-state index contributed by atoms with van der Waals surface area (Å²) in [5, 5.41) is 6.74. The van der Waals surface area contributed by atoms with E-state index in [1.807, 2.05) is 31.2 Å². The molecule has 3 aromatic rings. The number of halogens is 1. The molecule has 0 radical (unpaired) electrons. The molecule has 0 atom stereocenters. The average molecular weight is 351 g/mol. The van der Waals surface area contributed by atoms with Crippen molar-refractivity contribution in [2.75, 3.05) is 0 Å². The predicted molar refractivity (Wildman–Crippen MR) is 96.3 cm³/mol. The van der Waals surface area contributed by atoms with Gasteiger partial charge in [0, 0.05) is 18.2 Å². The summed E-state index contributed by atoms with van der Waals surface area (Å²) in [4.78, 5) is 24.3. The van der Waals surface area contributed by atoms with Gasteiger partial charge in [-0.25, -0.2) is 9.07 Å². The third-order valence-corrected chi connectivity index (χ3v) is 3.95. The van der Waals surface area contributed by atoms with Crippen LogP contribution in [0.25, 0.3) is 0 Å². The number of nitrogens with zero attached hydrogens (tertiary/aromatic N) is 2. The van der Waals surface area contributed by atoms with Crippen LogP contribution < -0.4 is 10.9 Å². The van der Waals surface area contributed by atoms with Crippen molar-refractivity contribution in [1.29, 1.82) is 0 Å². The van der Waals surface area contributed by atoms with Gasteiger partial charge in [0.2, 0.25) is 0 Å². The van der Waals surface area contributed by atoms with Crippen LogP contribution in [0.4, 0.5) is 4.39 Å². The molecule has 0 saturated carbocycles. The zero-order chi connectivity index (χ0) is 18.5. The van der Waals surface area contributed by atoms with Gasteiger partial charge in [-0.1, -0.05) is 48.0 Å². The van der Waals surface area contributed by atoms with Crippen molar-refractivity contribution in [3.05, 3.63) is 99.2 Å². The lowest BCUT2D eigenvalue weighted by Crippen LogP contribution is -2.29. The molecule has 0 unspecified atom stereocenters. The number of hydrogen-bond donors (Lipinski definition) is 1. The van der Waals surface area contributed by atoms with Crippen LogP contribution in [0.2, 0.25) is 0 Å². The first kappa shape index (κ1) is 17.5. The molecule has 5 nitrogen and oxygen atoms in total. The molecule has 2 aromatic carbocycles. The lowest BCUT2D eigenvalue weighted by atomic mass is 10.1. The molecule has 6 heteroatoms. The highest BCUT2D eigenvalue weighted by Crippen LogP contribution is 2.06. The smallest absolute Gasteiger partial charge is 0.271 e. The second kappa shape index (κ2) is 7.74. The van der Waals surface area contributed by atoms with Crippen molar-refractivity contribution in [2.24, 2.45) is 0 Å². The molecule has 1 aromatic heterocycles. The highest BCUT2D eigenvalue weighted by molar-refractivity contribution is 5.91. The van der Waals surface area contributed by atoms with E-state index in [0.29, 0.717) is 5.56 Å². The fourth-order valence-corrected chi connectivity index (χ4v) is 2.46. The Morgan fingerprint density at radius 2 is 1.81 bits per heavy atom. The molecular weight excluding hydrogens is 333 g/mol. The molecule has 0 fully saturated rings. The predicted octanol–water partition coefficient (Wildman–Crippen LogP) is 2.67. The zero-order valence-corrected chi connectivity index (χ0v) is 14.3. The van der Waals surface area contributed by atoms with Crippen LogP contribution >= 0.6 is 0 Å². The first-order valence-electron chi connectivity index (χ1n) is 8.18. The van der Waals surface area contributed by atoms with Crippen molar-refractivity contribution < 1.29 is 9.18 Å². The molecule has 1 N–H and O–H groups in total. The van der Waals surface area contributed by atoms with Crippen LogP contribution in [0, 0.1) is 12.7 Å². The first-order valence-corrected chi connectivity index (χ1v) is 8.18. The minimum absolute atomic E-state index is 0.0459. The molecule has 0 spiro atoms. The minimum Gasteiger partial charge on any atom is -0.346 e. The average Bonchev–Trinajstić information content (AvgIpc) is 2.64. The summed E-state index contributed by atoms with van der Waals surface area (Å²) >= 11 is 0. The quantitative estimate of drug-likeness (QED) is 0.769. The second-order valence-electron chi connectivity index (χ2n) is 5.97. The Balaban J connectivity index is 1.74. The van der Waals surface area contributed by atoms with E-state index in [-0.39, 0.29) is 30.2 Å². The fraction of sp³-hybridized carbons (Fsp3) is 0.150. The van der Waals surface area contributed by atoms with E-state index in [1.165, 1.54) is 22.9 Å². The summed E-state index contributed by atoms with van der Waals surface area (Å²) in [6, 6.07) is 16.6.